The number of nitrogens with one attached hydrogen (secondary N) is 1. The van der Waals surface area contributed by atoms with E-state index in [-0.39, 0.29) is 41.3 Å². The average molecular weight is 557 g/mol. The lowest BCUT2D eigenvalue weighted by molar-refractivity contribution is -0.139. The van der Waals surface area contributed by atoms with Crippen molar-refractivity contribution in [3.63, 3.8) is 0 Å². The van der Waals surface area contributed by atoms with Gasteiger partial charge in [-0.15, -0.1) is 0 Å². The summed E-state index contributed by atoms with van der Waals surface area (Å²) in [4.78, 5) is 29.6. The Kier molecular flexibility index (Phi) is 7.75. The van der Waals surface area contributed by atoms with Gasteiger partial charge >= 0.3 is 5.97 Å². The van der Waals surface area contributed by atoms with Gasteiger partial charge in [0.1, 0.15) is 5.71 Å². The van der Waals surface area contributed by atoms with E-state index in [1.165, 1.54) is 5.57 Å². The van der Waals surface area contributed by atoms with Crippen LogP contribution in [0.3, 0.4) is 0 Å². The third-order valence-electron chi connectivity index (χ3n) is 11.5. The van der Waals surface area contributed by atoms with Crippen molar-refractivity contribution in [1.29, 1.82) is 0 Å². The number of oxime groups is 1. The third-order valence-corrected chi connectivity index (χ3v) is 11.5. The Morgan fingerprint density at radius 1 is 1.12 bits per heavy atom. The number of allylic oxidation sites excluding steroid dienone is 4. The van der Waals surface area contributed by atoms with Gasteiger partial charge in [0.15, 0.2) is 6.61 Å². The number of ether oxygens (including phenoxy) is 1. The molecule has 222 valence electrons. The second-order valence-electron chi connectivity index (χ2n) is 14.4. The van der Waals surface area contributed by atoms with Crippen molar-refractivity contribution in [2.75, 3.05) is 13.2 Å². The van der Waals surface area contributed by atoms with Gasteiger partial charge in [-0.2, -0.15) is 0 Å². The quantitative estimate of drug-likeness (QED) is 0.380. The summed E-state index contributed by atoms with van der Waals surface area (Å²) in [6.07, 6.45) is 14.0. The molecule has 5 rings (SSSR count). The molecule has 5 aliphatic rings. The summed E-state index contributed by atoms with van der Waals surface area (Å²) in [5.74, 6) is 0.483. The molecular formula is C32H48N2O6. The molecule has 0 bridgehead atoms. The Bertz CT molecular complexity index is 1110. The molecule has 1 saturated heterocycles. The second kappa shape index (κ2) is 10.6. The molecule has 0 unspecified atom stereocenters. The Morgan fingerprint density at radius 2 is 1.88 bits per heavy atom. The van der Waals surface area contributed by atoms with E-state index in [1.54, 1.807) is 0 Å². The lowest BCUT2D eigenvalue weighted by atomic mass is 9.47. The minimum absolute atomic E-state index is 0.00952. The lowest BCUT2D eigenvalue weighted by Crippen LogP contribution is -2.53. The van der Waals surface area contributed by atoms with Crippen LogP contribution in [0.4, 0.5) is 0 Å². The van der Waals surface area contributed by atoms with E-state index in [0.717, 1.165) is 38.5 Å². The molecule has 0 aromatic rings. The van der Waals surface area contributed by atoms with Crippen LogP contribution in [0, 0.1) is 34.5 Å². The van der Waals surface area contributed by atoms with Crippen molar-refractivity contribution in [1.82, 2.24) is 5.32 Å². The van der Waals surface area contributed by atoms with Gasteiger partial charge in [-0.3, -0.25) is 9.59 Å². The van der Waals surface area contributed by atoms with Gasteiger partial charge in [-0.25, -0.2) is 0 Å². The number of fused-ring (bicyclic) bond motifs is 5. The van der Waals surface area contributed by atoms with Crippen molar-refractivity contribution >= 4 is 17.6 Å². The fraction of sp³-hybridized carbons (Fsp3) is 0.781. The number of hydrogen-bond donors (Lipinski definition) is 3. The van der Waals surface area contributed by atoms with Crippen LogP contribution in [0.25, 0.3) is 0 Å². The number of carbonyl (C=O) groups is 2. The van der Waals surface area contributed by atoms with Crippen LogP contribution in [-0.4, -0.2) is 58.3 Å². The zero-order valence-corrected chi connectivity index (χ0v) is 24.9. The molecule has 8 heteroatoms. The van der Waals surface area contributed by atoms with E-state index in [4.69, 9.17) is 9.57 Å². The number of rotatable bonds is 7. The lowest BCUT2D eigenvalue weighted by Gasteiger charge is -2.58. The fourth-order valence-electron chi connectivity index (χ4n) is 9.07. The first-order valence-corrected chi connectivity index (χ1v) is 15.2. The maximum absolute atomic E-state index is 12.7. The Morgan fingerprint density at radius 3 is 2.60 bits per heavy atom. The van der Waals surface area contributed by atoms with Crippen molar-refractivity contribution in [3.05, 3.63) is 23.8 Å². The van der Waals surface area contributed by atoms with Crippen molar-refractivity contribution in [2.45, 2.75) is 110 Å². The summed E-state index contributed by atoms with van der Waals surface area (Å²) < 4.78 is 5.77. The topological polar surface area (TPSA) is 117 Å². The predicted octanol–water partition coefficient (Wildman–Crippen LogP) is 5.01. The number of carboxylic acids is 1. The van der Waals surface area contributed by atoms with Gasteiger partial charge in [-0.05, 0) is 113 Å². The summed E-state index contributed by atoms with van der Waals surface area (Å²) in [5.41, 5.74) is 1.17. The molecule has 3 N–H and O–H groups in total. The van der Waals surface area contributed by atoms with E-state index >= 15 is 0 Å². The Hall–Kier alpha value is -2.19. The summed E-state index contributed by atoms with van der Waals surface area (Å²) in [6.45, 7) is 11.0. The summed E-state index contributed by atoms with van der Waals surface area (Å²) in [5, 5.41) is 27.7. The van der Waals surface area contributed by atoms with Gasteiger partial charge in [0.25, 0.3) is 5.91 Å². The molecule has 1 heterocycles. The molecule has 0 aromatic carbocycles. The van der Waals surface area contributed by atoms with E-state index in [0.29, 0.717) is 42.9 Å². The zero-order valence-electron chi connectivity index (χ0n) is 24.9. The SMILES string of the molecule is CC1(C)C[C@H]([C@H](CC(=O)O)NC(=O)CO/N=C2/C=C[C@]3(C)C(=C2)CC[C@H]2[C@H]4CC[C@@](C)(O)[C@@]4(C)CC[C@H]23)CCO1. The molecular weight excluding hydrogens is 508 g/mol. The highest BCUT2D eigenvalue weighted by Gasteiger charge is 2.62. The second-order valence-corrected chi connectivity index (χ2v) is 14.4. The van der Waals surface area contributed by atoms with Crippen LogP contribution in [0.5, 0.6) is 0 Å². The van der Waals surface area contributed by atoms with Crippen molar-refractivity contribution < 1.29 is 29.4 Å². The number of hydrogen-bond acceptors (Lipinski definition) is 6. The monoisotopic (exact) mass is 556 g/mol. The van der Waals surface area contributed by atoms with Crippen LogP contribution in [0.15, 0.2) is 29.0 Å². The minimum Gasteiger partial charge on any atom is -0.481 e. The van der Waals surface area contributed by atoms with Crippen LogP contribution in [0.2, 0.25) is 0 Å². The summed E-state index contributed by atoms with van der Waals surface area (Å²) in [6, 6.07) is -0.474. The van der Waals surface area contributed by atoms with E-state index < -0.39 is 17.6 Å². The minimum atomic E-state index is -0.937. The number of carboxylic acid groups (broad SMARTS) is 1. The molecule has 1 amide bonds. The molecule has 4 aliphatic carbocycles. The highest BCUT2D eigenvalue weighted by molar-refractivity contribution is 6.05. The molecule has 40 heavy (non-hydrogen) atoms. The van der Waals surface area contributed by atoms with Crippen LogP contribution in [0.1, 0.15) is 92.4 Å². The average Bonchev–Trinajstić information content (AvgIpc) is 3.11. The highest BCUT2D eigenvalue weighted by atomic mass is 16.6. The van der Waals surface area contributed by atoms with E-state index in [1.807, 2.05) is 26.8 Å². The number of aliphatic hydroxyl groups is 1. The van der Waals surface area contributed by atoms with E-state index in [9.17, 15) is 19.8 Å². The molecule has 4 fully saturated rings. The number of aliphatic carboxylic acids is 1. The maximum atomic E-state index is 12.7. The molecule has 1 aliphatic heterocycles. The van der Waals surface area contributed by atoms with Gasteiger partial charge in [0.2, 0.25) is 0 Å². The van der Waals surface area contributed by atoms with Crippen LogP contribution < -0.4 is 5.32 Å². The molecule has 8 atom stereocenters. The first-order chi connectivity index (χ1) is 18.7. The Labute approximate surface area is 238 Å². The summed E-state index contributed by atoms with van der Waals surface area (Å²) in [7, 11) is 0. The number of amides is 1. The molecule has 3 saturated carbocycles. The smallest absolute Gasteiger partial charge is 0.305 e. The maximum Gasteiger partial charge on any atom is 0.305 e. The standard InChI is InChI=1S/C32H48N2O6/c1-29(2)18-20(11-15-39-29)26(17-28(36)37)33-27(35)19-40-34-22-8-12-30(3)21(16-22)6-7-23-24(30)9-13-31(4)25(23)10-14-32(31,5)38/h8,12,16,20,23-26,38H,6-7,9-11,13-15,17-19H2,1-5H3,(H,33,35)(H,36,37)/b34-22-/t20-,23-,24-,25-,26+,30-,31+,32-/m1/s1. The van der Waals surface area contributed by atoms with Crippen LogP contribution >= 0.6 is 0 Å². The van der Waals surface area contributed by atoms with Crippen LogP contribution in [-0.2, 0) is 19.2 Å². The number of nitrogens with zero attached hydrogens (tertiary/aromatic N) is 1. The molecule has 0 aromatic heterocycles. The van der Waals surface area contributed by atoms with E-state index in [2.05, 4.69) is 36.5 Å². The fourth-order valence-corrected chi connectivity index (χ4v) is 9.07. The highest BCUT2D eigenvalue weighted by Crippen LogP contribution is 2.66. The van der Waals surface area contributed by atoms with Crippen molar-refractivity contribution in [2.24, 2.45) is 39.7 Å². The van der Waals surface area contributed by atoms with Gasteiger partial charge in [-0.1, -0.05) is 30.7 Å². The first kappa shape index (κ1) is 29.3. The third kappa shape index (κ3) is 5.38. The normalized spacial score (nSPS) is 41.8. The first-order valence-electron chi connectivity index (χ1n) is 15.2. The largest absolute Gasteiger partial charge is 0.481 e. The van der Waals surface area contributed by atoms with Gasteiger partial charge in [0.05, 0.1) is 17.6 Å². The predicted molar refractivity (Wildman–Crippen MR) is 153 cm³/mol. The zero-order chi connectivity index (χ0) is 28.9. The summed E-state index contributed by atoms with van der Waals surface area (Å²) >= 11 is 0. The van der Waals surface area contributed by atoms with Crippen molar-refractivity contribution in [3.8, 4) is 0 Å². The molecule has 0 spiro atoms. The van der Waals surface area contributed by atoms with Gasteiger partial charge < -0.3 is 25.1 Å². The Balaban J connectivity index is 1.19. The number of carbonyl (C=O) groups excluding carboxylic acids is 1. The molecule has 8 nitrogen and oxygen atoms in total. The molecule has 0 radical (unpaired) electrons. The van der Waals surface area contributed by atoms with Gasteiger partial charge in [0, 0.05) is 18.1 Å².